The number of thioether (sulfide) groups is 1. The summed E-state index contributed by atoms with van der Waals surface area (Å²) in [7, 11) is 1.87. The Labute approximate surface area is 205 Å². The van der Waals surface area contributed by atoms with Crippen molar-refractivity contribution in [2.75, 3.05) is 16.4 Å². The van der Waals surface area contributed by atoms with Gasteiger partial charge in [-0.05, 0) is 54.1 Å². The van der Waals surface area contributed by atoms with Gasteiger partial charge < -0.3 is 24.9 Å². The van der Waals surface area contributed by atoms with Gasteiger partial charge in [0.15, 0.2) is 10.9 Å². The Balaban J connectivity index is 1.22. The molecular formula is C25H23N5O4S. The van der Waals surface area contributed by atoms with Gasteiger partial charge in [0.2, 0.25) is 5.91 Å². The molecule has 9 nitrogen and oxygen atoms in total. The van der Waals surface area contributed by atoms with Gasteiger partial charge in [0.1, 0.15) is 0 Å². The van der Waals surface area contributed by atoms with E-state index in [2.05, 4.69) is 20.9 Å². The molecule has 2 aromatic heterocycles. The van der Waals surface area contributed by atoms with Gasteiger partial charge in [-0.2, -0.15) is 0 Å². The van der Waals surface area contributed by atoms with Crippen molar-refractivity contribution in [3.05, 3.63) is 96.2 Å². The van der Waals surface area contributed by atoms with Crippen LogP contribution in [0.25, 0.3) is 0 Å². The number of imidazole rings is 1. The molecule has 0 aliphatic heterocycles. The molecule has 0 saturated heterocycles. The third-order valence-electron chi connectivity index (χ3n) is 4.95. The van der Waals surface area contributed by atoms with Crippen molar-refractivity contribution < 1.29 is 18.8 Å². The Bertz CT molecular complexity index is 1300. The standard InChI is InChI=1S/C25H23N5O4S/c1-30-13-12-26-25(30)35-16-22(31)28-19-10-6-18(7-11-19)23(32)27-15-17-4-8-20(9-5-17)29-24(33)21-3-2-14-34-21/h2-14H,15-16H2,1H3,(H,27,32)(H,28,31)(H,29,33). The highest BCUT2D eigenvalue weighted by atomic mass is 32.2. The van der Waals surface area contributed by atoms with Crippen LogP contribution < -0.4 is 16.0 Å². The van der Waals surface area contributed by atoms with E-state index in [1.165, 1.54) is 18.0 Å². The summed E-state index contributed by atoms with van der Waals surface area (Å²) in [6, 6.07) is 17.1. The lowest BCUT2D eigenvalue weighted by Gasteiger charge is -2.09. The van der Waals surface area contributed by atoms with E-state index in [0.717, 1.165) is 10.7 Å². The lowest BCUT2D eigenvalue weighted by Crippen LogP contribution is -2.22. The van der Waals surface area contributed by atoms with Gasteiger partial charge >= 0.3 is 0 Å². The molecule has 4 rings (SSSR count). The number of nitrogens with zero attached hydrogens (tertiary/aromatic N) is 2. The number of carbonyl (C=O) groups is 3. The molecule has 0 spiro atoms. The van der Waals surface area contributed by atoms with Gasteiger partial charge in [-0.1, -0.05) is 23.9 Å². The average Bonchev–Trinajstić information content (AvgIpc) is 3.55. The second-order valence-corrected chi connectivity index (χ2v) is 8.49. The van der Waals surface area contributed by atoms with Gasteiger partial charge in [0.25, 0.3) is 11.8 Å². The van der Waals surface area contributed by atoms with Crippen LogP contribution >= 0.6 is 11.8 Å². The number of benzene rings is 2. The summed E-state index contributed by atoms with van der Waals surface area (Å²) in [6.07, 6.45) is 4.94. The number of furan rings is 1. The molecule has 0 aliphatic carbocycles. The average molecular weight is 490 g/mol. The molecule has 35 heavy (non-hydrogen) atoms. The number of carbonyl (C=O) groups excluding carboxylic acids is 3. The van der Waals surface area contributed by atoms with Crippen LogP contribution in [0.3, 0.4) is 0 Å². The van der Waals surface area contributed by atoms with Crippen LogP contribution in [0.15, 0.2) is 88.9 Å². The van der Waals surface area contributed by atoms with Crippen molar-refractivity contribution in [1.82, 2.24) is 14.9 Å². The molecule has 3 amide bonds. The van der Waals surface area contributed by atoms with Crippen LogP contribution in [-0.4, -0.2) is 33.0 Å². The van der Waals surface area contributed by atoms with E-state index in [9.17, 15) is 14.4 Å². The summed E-state index contributed by atoms with van der Waals surface area (Å²) >= 11 is 1.35. The summed E-state index contributed by atoms with van der Waals surface area (Å²) in [5, 5.41) is 9.18. The molecule has 2 heterocycles. The molecule has 0 bridgehead atoms. The molecular weight excluding hydrogens is 466 g/mol. The van der Waals surface area contributed by atoms with Gasteiger partial charge in [0.05, 0.1) is 12.0 Å². The number of amides is 3. The minimum absolute atomic E-state index is 0.154. The third-order valence-corrected chi connectivity index (χ3v) is 6.01. The zero-order valence-corrected chi connectivity index (χ0v) is 19.7. The largest absolute Gasteiger partial charge is 0.459 e. The van der Waals surface area contributed by atoms with Crippen LogP contribution in [0.1, 0.15) is 26.5 Å². The molecule has 0 atom stereocenters. The van der Waals surface area contributed by atoms with E-state index in [1.807, 2.05) is 29.9 Å². The highest BCUT2D eigenvalue weighted by molar-refractivity contribution is 7.99. The predicted octanol–water partition coefficient (Wildman–Crippen LogP) is 3.93. The number of nitrogens with one attached hydrogen (secondary N) is 3. The third kappa shape index (κ3) is 6.61. The minimum atomic E-state index is -0.331. The van der Waals surface area contributed by atoms with Gasteiger partial charge in [-0.3, -0.25) is 14.4 Å². The Morgan fingerprint density at radius 2 is 1.66 bits per heavy atom. The SMILES string of the molecule is Cn1ccnc1SCC(=O)Nc1ccc(C(=O)NCc2ccc(NC(=O)c3ccco3)cc2)cc1. The van der Waals surface area contributed by atoms with Crippen molar-refractivity contribution in [3.63, 3.8) is 0 Å². The number of aryl methyl sites for hydroxylation is 1. The summed E-state index contributed by atoms with van der Waals surface area (Å²) < 4.78 is 6.92. The van der Waals surface area contributed by atoms with Crippen LogP contribution in [-0.2, 0) is 18.4 Å². The first kappa shape index (κ1) is 23.8. The lowest BCUT2D eigenvalue weighted by molar-refractivity contribution is -0.113. The maximum absolute atomic E-state index is 12.5. The maximum Gasteiger partial charge on any atom is 0.291 e. The lowest BCUT2D eigenvalue weighted by atomic mass is 10.1. The fourth-order valence-electron chi connectivity index (χ4n) is 3.11. The monoisotopic (exact) mass is 489 g/mol. The summed E-state index contributed by atoms with van der Waals surface area (Å²) in [6.45, 7) is 0.328. The summed E-state index contributed by atoms with van der Waals surface area (Å²) in [5.41, 5.74) is 2.59. The second-order valence-electron chi connectivity index (χ2n) is 7.55. The number of hydrogen-bond acceptors (Lipinski definition) is 6. The van der Waals surface area contributed by atoms with Crippen molar-refractivity contribution in [2.45, 2.75) is 11.7 Å². The molecule has 10 heteroatoms. The van der Waals surface area contributed by atoms with Crippen LogP contribution in [0.4, 0.5) is 11.4 Å². The van der Waals surface area contributed by atoms with Crippen molar-refractivity contribution in [1.29, 1.82) is 0 Å². The topological polar surface area (TPSA) is 118 Å². The Morgan fingerprint density at radius 1 is 0.943 bits per heavy atom. The Hall–Kier alpha value is -4.31. The molecule has 4 aromatic rings. The molecule has 0 saturated carbocycles. The van der Waals surface area contributed by atoms with Gasteiger partial charge in [0, 0.05) is 42.9 Å². The number of rotatable bonds is 9. The molecule has 0 fully saturated rings. The zero-order valence-electron chi connectivity index (χ0n) is 18.9. The van der Waals surface area contributed by atoms with Gasteiger partial charge in [-0.25, -0.2) is 4.98 Å². The quantitative estimate of drug-likeness (QED) is 0.307. The van der Waals surface area contributed by atoms with E-state index < -0.39 is 0 Å². The highest BCUT2D eigenvalue weighted by Crippen LogP contribution is 2.16. The Kier molecular flexibility index (Phi) is 7.63. The molecule has 0 aliphatic rings. The van der Waals surface area contributed by atoms with Crippen molar-refractivity contribution >= 4 is 40.9 Å². The molecule has 0 unspecified atom stereocenters. The fraction of sp³-hybridized carbons (Fsp3) is 0.120. The van der Waals surface area contributed by atoms with E-state index in [0.29, 0.717) is 23.5 Å². The normalized spacial score (nSPS) is 10.5. The Morgan fingerprint density at radius 3 is 2.31 bits per heavy atom. The van der Waals surface area contributed by atoms with Crippen LogP contribution in [0.5, 0.6) is 0 Å². The van der Waals surface area contributed by atoms with E-state index in [4.69, 9.17) is 4.42 Å². The molecule has 2 aromatic carbocycles. The number of anilines is 2. The maximum atomic E-state index is 12.5. The summed E-state index contributed by atoms with van der Waals surface area (Å²) in [4.78, 5) is 40.8. The first-order valence-electron chi connectivity index (χ1n) is 10.7. The van der Waals surface area contributed by atoms with Crippen LogP contribution in [0.2, 0.25) is 0 Å². The van der Waals surface area contributed by atoms with E-state index in [1.54, 1.807) is 54.7 Å². The van der Waals surface area contributed by atoms with E-state index >= 15 is 0 Å². The van der Waals surface area contributed by atoms with E-state index in [-0.39, 0.29) is 29.2 Å². The van der Waals surface area contributed by atoms with Gasteiger partial charge in [-0.15, -0.1) is 0 Å². The zero-order chi connectivity index (χ0) is 24.6. The van der Waals surface area contributed by atoms with Crippen molar-refractivity contribution in [2.24, 2.45) is 7.05 Å². The summed E-state index contributed by atoms with van der Waals surface area (Å²) in [5.74, 6) is -0.251. The number of hydrogen-bond donors (Lipinski definition) is 3. The molecule has 3 N–H and O–H groups in total. The molecule has 0 radical (unpaired) electrons. The first-order chi connectivity index (χ1) is 17.0. The predicted molar refractivity (Wildman–Crippen MR) is 133 cm³/mol. The first-order valence-corrected chi connectivity index (χ1v) is 11.7. The second kappa shape index (κ2) is 11.2. The fourth-order valence-corrected chi connectivity index (χ4v) is 3.85. The molecule has 178 valence electrons. The highest BCUT2D eigenvalue weighted by Gasteiger charge is 2.10. The van der Waals surface area contributed by atoms with Crippen molar-refractivity contribution in [3.8, 4) is 0 Å². The number of aromatic nitrogens is 2. The smallest absolute Gasteiger partial charge is 0.291 e. The van der Waals surface area contributed by atoms with Crippen LogP contribution in [0, 0.1) is 0 Å². The minimum Gasteiger partial charge on any atom is -0.459 e.